The van der Waals surface area contributed by atoms with Gasteiger partial charge >= 0.3 is 0 Å². The minimum Gasteiger partial charge on any atom is -0.325 e. The van der Waals surface area contributed by atoms with Crippen LogP contribution in [0.1, 0.15) is 18.1 Å². The summed E-state index contributed by atoms with van der Waals surface area (Å²) >= 11 is 0. The molecule has 0 saturated heterocycles. The molecule has 0 saturated carbocycles. The van der Waals surface area contributed by atoms with E-state index < -0.39 is 5.82 Å². The fraction of sp³-hybridized carbons (Fsp3) is 0.148. The zero-order valence-electron chi connectivity index (χ0n) is 18.7. The number of anilines is 1. The van der Waals surface area contributed by atoms with Crippen molar-refractivity contribution in [1.29, 1.82) is 0 Å². The second kappa shape index (κ2) is 8.94. The molecule has 5 rings (SSSR count). The van der Waals surface area contributed by atoms with Gasteiger partial charge in [0.25, 0.3) is 5.56 Å². The van der Waals surface area contributed by atoms with Crippen molar-refractivity contribution in [1.82, 2.24) is 14.1 Å². The van der Waals surface area contributed by atoms with Crippen molar-refractivity contribution < 1.29 is 9.18 Å². The first-order valence-corrected chi connectivity index (χ1v) is 11.1. The van der Waals surface area contributed by atoms with Gasteiger partial charge in [-0.05, 0) is 47.9 Å². The Hall–Kier alpha value is -4.26. The molecular weight excluding hydrogens is 431 g/mol. The number of carbonyl (C=O) groups is 1. The monoisotopic (exact) mass is 454 g/mol. The number of carbonyl (C=O) groups excluding carboxylic acids is 1. The quantitative estimate of drug-likeness (QED) is 0.403. The molecule has 0 fully saturated rings. The van der Waals surface area contributed by atoms with Gasteiger partial charge in [0.15, 0.2) is 0 Å². The van der Waals surface area contributed by atoms with E-state index in [4.69, 9.17) is 0 Å². The second-order valence-electron chi connectivity index (χ2n) is 8.21. The highest BCUT2D eigenvalue weighted by molar-refractivity contribution is 6.06. The lowest BCUT2D eigenvalue weighted by atomic mass is 10.1. The molecule has 0 bridgehead atoms. The lowest BCUT2D eigenvalue weighted by Crippen LogP contribution is -2.25. The molecule has 6 nitrogen and oxygen atoms in total. The van der Waals surface area contributed by atoms with E-state index in [0.29, 0.717) is 28.7 Å². The van der Waals surface area contributed by atoms with E-state index in [2.05, 4.69) is 17.2 Å². The predicted molar refractivity (Wildman–Crippen MR) is 131 cm³/mol. The Labute approximate surface area is 195 Å². The van der Waals surface area contributed by atoms with E-state index in [-0.39, 0.29) is 23.5 Å². The molecule has 5 aromatic rings. The van der Waals surface area contributed by atoms with Crippen LogP contribution < -0.4 is 10.9 Å². The number of halogens is 1. The largest absolute Gasteiger partial charge is 0.325 e. The topological polar surface area (TPSA) is 68.9 Å². The number of aromatic nitrogens is 3. The van der Waals surface area contributed by atoms with Gasteiger partial charge in [-0.2, -0.15) is 0 Å². The maximum Gasteiger partial charge on any atom is 0.278 e. The molecule has 0 spiro atoms. The maximum atomic E-state index is 14.1. The molecule has 1 amide bonds. The van der Waals surface area contributed by atoms with Crippen LogP contribution in [0.25, 0.3) is 21.9 Å². The molecule has 0 radical (unpaired) electrons. The average molecular weight is 455 g/mol. The van der Waals surface area contributed by atoms with Crippen LogP contribution in [0.15, 0.2) is 83.9 Å². The third-order valence-corrected chi connectivity index (χ3v) is 5.93. The Morgan fingerprint density at radius 3 is 2.50 bits per heavy atom. The smallest absolute Gasteiger partial charge is 0.278 e. The molecule has 7 heteroatoms. The minimum atomic E-state index is -0.428. The molecule has 170 valence electrons. The summed E-state index contributed by atoms with van der Waals surface area (Å²) in [7, 11) is 0. The van der Waals surface area contributed by atoms with Crippen LogP contribution in [0.5, 0.6) is 0 Å². The molecule has 0 atom stereocenters. The Morgan fingerprint density at radius 1 is 1.00 bits per heavy atom. The number of nitrogens with one attached hydrogen (secondary N) is 1. The number of fused-ring (bicyclic) bond motifs is 3. The molecule has 34 heavy (non-hydrogen) atoms. The Balaban J connectivity index is 1.57. The van der Waals surface area contributed by atoms with Gasteiger partial charge in [0.1, 0.15) is 23.4 Å². The molecule has 0 unspecified atom stereocenters. The summed E-state index contributed by atoms with van der Waals surface area (Å²) in [6, 6.07) is 21.5. The normalized spacial score (nSPS) is 11.2. The summed E-state index contributed by atoms with van der Waals surface area (Å²) in [6.45, 7) is 2.30. The van der Waals surface area contributed by atoms with Crippen LogP contribution >= 0.6 is 0 Å². The van der Waals surface area contributed by atoms with E-state index in [9.17, 15) is 14.0 Å². The predicted octanol–water partition coefficient (Wildman–Crippen LogP) is 4.74. The van der Waals surface area contributed by atoms with E-state index >= 15 is 0 Å². The van der Waals surface area contributed by atoms with Gasteiger partial charge in [-0.3, -0.25) is 14.2 Å². The number of aryl methyl sites for hydroxylation is 1. The standard InChI is InChI=1S/C27H23FN4O2/c1-2-18-8-11-21(12-9-18)30-24(33)16-32-23-13-10-20(28)14-22(23)25-26(32)27(34)31(17-29-25)15-19-6-4-3-5-7-19/h3-14,17H,2,15-16H2,1H3,(H,30,33). The Bertz CT molecular complexity index is 1550. The van der Waals surface area contributed by atoms with Gasteiger partial charge in [-0.1, -0.05) is 49.4 Å². The van der Waals surface area contributed by atoms with Crippen molar-refractivity contribution in [3.05, 3.63) is 106 Å². The number of hydrogen-bond donors (Lipinski definition) is 1. The molecule has 3 aromatic carbocycles. The maximum absolute atomic E-state index is 14.1. The number of hydrogen-bond acceptors (Lipinski definition) is 3. The molecular formula is C27H23FN4O2. The molecule has 0 aliphatic carbocycles. The van der Waals surface area contributed by atoms with Crippen molar-refractivity contribution in [2.24, 2.45) is 0 Å². The minimum absolute atomic E-state index is 0.104. The van der Waals surface area contributed by atoms with Crippen molar-refractivity contribution in [3.63, 3.8) is 0 Å². The molecule has 0 aliphatic rings. The number of nitrogens with zero attached hydrogens (tertiary/aromatic N) is 3. The van der Waals surface area contributed by atoms with Gasteiger partial charge in [0, 0.05) is 11.1 Å². The summed E-state index contributed by atoms with van der Waals surface area (Å²) in [5.41, 5.74) is 3.74. The summed E-state index contributed by atoms with van der Waals surface area (Å²) < 4.78 is 17.2. The van der Waals surface area contributed by atoms with Crippen LogP contribution in [0, 0.1) is 5.82 Å². The fourth-order valence-corrected chi connectivity index (χ4v) is 4.20. The van der Waals surface area contributed by atoms with Crippen molar-refractivity contribution in [2.45, 2.75) is 26.4 Å². The fourth-order valence-electron chi connectivity index (χ4n) is 4.20. The van der Waals surface area contributed by atoms with Gasteiger partial charge in [-0.25, -0.2) is 9.37 Å². The highest BCUT2D eigenvalue weighted by Crippen LogP contribution is 2.26. The SMILES string of the molecule is CCc1ccc(NC(=O)Cn2c3ccc(F)cc3c3ncn(Cc4ccccc4)c(=O)c32)cc1. The van der Waals surface area contributed by atoms with E-state index in [1.165, 1.54) is 28.6 Å². The van der Waals surface area contributed by atoms with Gasteiger partial charge in [0.05, 0.1) is 18.4 Å². The summed E-state index contributed by atoms with van der Waals surface area (Å²) in [4.78, 5) is 30.9. The highest BCUT2D eigenvalue weighted by atomic mass is 19.1. The lowest BCUT2D eigenvalue weighted by Gasteiger charge is -2.10. The first-order chi connectivity index (χ1) is 16.5. The summed E-state index contributed by atoms with van der Waals surface area (Å²) in [5, 5.41) is 3.38. The van der Waals surface area contributed by atoms with Gasteiger partial charge in [-0.15, -0.1) is 0 Å². The van der Waals surface area contributed by atoms with E-state index in [0.717, 1.165) is 12.0 Å². The molecule has 2 heterocycles. The zero-order chi connectivity index (χ0) is 23.7. The van der Waals surface area contributed by atoms with Crippen LogP contribution in [0.4, 0.5) is 10.1 Å². The van der Waals surface area contributed by atoms with Crippen LogP contribution in [-0.2, 0) is 24.3 Å². The third kappa shape index (κ3) is 4.08. The van der Waals surface area contributed by atoms with Gasteiger partial charge in [0.2, 0.25) is 5.91 Å². The first-order valence-electron chi connectivity index (χ1n) is 11.1. The number of amides is 1. The molecule has 0 aliphatic heterocycles. The zero-order valence-corrected chi connectivity index (χ0v) is 18.7. The summed E-state index contributed by atoms with van der Waals surface area (Å²) in [5.74, 6) is -0.715. The van der Waals surface area contributed by atoms with Crippen molar-refractivity contribution in [3.8, 4) is 0 Å². The van der Waals surface area contributed by atoms with Crippen molar-refractivity contribution in [2.75, 3.05) is 5.32 Å². The van der Waals surface area contributed by atoms with Crippen LogP contribution in [0.2, 0.25) is 0 Å². The lowest BCUT2D eigenvalue weighted by molar-refractivity contribution is -0.116. The number of benzene rings is 3. The van der Waals surface area contributed by atoms with Crippen LogP contribution in [0.3, 0.4) is 0 Å². The second-order valence-corrected chi connectivity index (χ2v) is 8.21. The van der Waals surface area contributed by atoms with Crippen LogP contribution in [-0.4, -0.2) is 20.0 Å². The summed E-state index contributed by atoms with van der Waals surface area (Å²) in [6.07, 6.45) is 2.39. The third-order valence-electron chi connectivity index (χ3n) is 5.93. The molecule has 2 aromatic heterocycles. The Kier molecular flexibility index (Phi) is 5.67. The van der Waals surface area contributed by atoms with Crippen molar-refractivity contribution >= 4 is 33.5 Å². The van der Waals surface area contributed by atoms with Gasteiger partial charge < -0.3 is 9.88 Å². The van der Waals surface area contributed by atoms with E-state index in [1.54, 1.807) is 10.6 Å². The highest BCUT2D eigenvalue weighted by Gasteiger charge is 2.19. The molecule has 1 N–H and O–H groups in total. The number of rotatable bonds is 6. The Morgan fingerprint density at radius 2 is 1.76 bits per heavy atom. The first kappa shape index (κ1) is 21.6. The van der Waals surface area contributed by atoms with E-state index in [1.807, 2.05) is 54.6 Å². The average Bonchev–Trinajstić information content (AvgIpc) is 3.15.